The summed E-state index contributed by atoms with van der Waals surface area (Å²) in [5, 5.41) is 12.6. The van der Waals surface area contributed by atoms with Crippen LogP contribution >= 0.6 is 0 Å². The third-order valence-electron chi connectivity index (χ3n) is 3.95. The van der Waals surface area contributed by atoms with Gasteiger partial charge in [0, 0.05) is 11.6 Å². The first-order valence-corrected chi connectivity index (χ1v) is 7.91. The van der Waals surface area contributed by atoms with Crippen molar-refractivity contribution < 1.29 is 18.0 Å². The van der Waals surface area contributed by atoms with Crippen LogP contribution in [0.4, 0.5) is 24.7 Å². The molecule has 1 aromatic heterocycles. The van der Waals surface area contributed by atoms with Crippen LogP contribution in [0.15, 0.2) is 36.4 Å². The smallest absolute Gasteiger partial charge is 0.362 e. The highest BCUT2D eigenvalue weighted by Crippen LogP contribution is 2.30. The van der Waals surface area contributed by atoms with E-state index in [1.807, 2.05) is 19.1 Å². The second-order valence-corrected chi connectivity index (χ2v) is 6.05. The topological polar surface area (TPSA) is 66.9 Å². The molecule has 0 bridgehead atoms. The third kappa shape index (κ3) is 4.46. The minimum absolute atomic E-state index is 0.0407. The van der Waals surface area contributed by atoms with Crippen molar-refractivity contribution in [2.45, 2.75) is 32.0 Å². The fraction of sp³-hybridized carbons (Fsp3) is 0.353. The Kier molecular flexibility index (Phi) is 4.61. The highest BCUT2D eigenvalue weighted by molar-refractivity contribution is 5.94. The number of rotatable bonds is 5. The lowest BCUT2D eigenvalue weighted by molar-refractivity contribution is -0.141. The van der Waals surface area contributed by atoms with Gasteiger partial charge in [0.2, 0.25) is 5.91 Å². The van der Waals surface area contributed by atoms with Gasteiger partial charge < -0.3 is 10.6 Å². The molecule has 0 saturated heterocycles. The largest absolute Gasteiger partial charge is 0.435 e. The zero-order valence-corrected chi connectivity index (χ0v) is 13.5. The summed E-state index contributed by atoms with van der Waals surface area (Å²) in [6, 6.07) is 9.24. The fourth-order valence-electron chi connectivity index (χ4n) is 2.31. The fourth-order valence-corrected chi connectivity index (χ4v) is 2.31. The third-order valence-corrected chi connectivity index (χ3v) is 3.95. The first-order chi connectivity index (χ1) is 11.8. The van der Waals surface area contributed by atoms with E-state index in [0.717, 1.165) is 30.2 Å². The standard InChI is InChI=1S/C17H17F3N4O/c1-10(21-15-9-8-14(23-24-15)17(18,19)20)11-4-6-13(7-5-11)22-16(25)12-2-3-12/h4-10,12H,2-3H2,1H3,(H,21,24)(H,22,25). The van der Waals surface area contributed by atoms with Crippen molar-refractivity contribution in [2.24, 2.45) is 5.92 Å². The maximum atomic E-state index is 12.5. The molecule has 0 spiro atoms. The Bertz CT molecular complexity index is 740. The quantitative estimate of drug-likeness (QED) is 0.855. The van der Waals surface area contributed by atoms with Crippen LogP contribution in [0.2, 0.25) is 0 Å². The van der Waals surface area contributed by atoms with Crippen molar-refractivity contribution >= 4 is 17.4 Å². The number of halogens is 3. The van der Waals surface area contributed by atoms with Crippen LogP contribution in [0.1, 0.15) is 37.1 Å². The van der Waals surface area contributed by atoms with Crippen molar-refractivity contribution in [3.63, 3.8) is 0 Å². The van der Waals surface area contributed by atoms with E-state index in [1.54, 1.807) is 12.1 Å². The molecule has 1 aliphatic carbocycles. The number of benzene rings is 1. The van der Waals surface area contributed by atoms with Gasteiger partial charge in [-0.05, 0) is 49.6 Å². The second kappa shape index (κ2) is 6.70. The van der Waals surface area contributed by atoms with E-state index >= 15 is 0 Å². The molecular formula is C17H17F3N4O. The van der Waals surface area contributed by atoms with Crippen LogP contribution in [0.3, 0.4) is 0 Å². The number of hydrogen-bond acceptors (Lipinski definition) is 4. The molecule has 2 aromatic rings. The summed E-state index contributed by atoms with van der Waals surface area (Å²) in [7, 11) is 0. The summed E-state index contributed by atoms with van der Waals surface area (Å²) in [6.07, 6.45) is -2.62. The number of nitrogens with one attached hydrogen (secondary N) is 2. The second-order valence-electron chi connectivity index (χ2n) is 6.05. The molecule has 0 aliphatic heterocycles. The van der Waals surface area contributed by atoms with E-state index in [-0.39, 0.29) is 23.7 Å². The Morgan fingerprint density at radius 1 is 1.12 bits per heavy atom. The molecule has 1 atom stereocenters. The summed E-state index contributed by atoms with van der Waals surface area (Å²) >= 11 is 0. The van der Waals surface area contributed by atoms with Crippen LogP contribution in [-0.4, -0.2) is 16.1 Å². The zero-order chi connectivity index (χ0) is 18.0. The molecule has 1 aromatic carbocycles. The van der Waals surface area contributed by atoms with Gasteiger partial charge in [0.05, 0.1) is 6.04 Å². The van der Waals surface area contributed by atoms with E-state index in [4.69, 9.17) is 0 Å². The summed E-state index contributed by atoms with van der Waals surface area (Å²) < 4.78 is 37.4. The predicted molar refractivity (Wildman–Crippen MR) is 86.9 cm³/mol. The average Bonchev–Trinajstić information content (AvgIpc) is 3.40. The molecule has 5 nitrogen and oxygen atoms in total. The number of alkyl halides is 3. The summed E-state index contributed by atoms with van der Waals surface area (Å²) in [5.41, 5.74) is 0.606. The molecular weight excluding hydrogens is 333 g/mol. The van der Waals surface area contributed by atoms with Gasteiger partial charge in [-0.3, -0.25) is 4.79 Å². The van der Waals surface area contributed by atoms with Gasteiger partial charge in [0.15, 0.2) is 5.69 Å². The molecule has 1 unspecified atom stereocenters. The van der Waals surface area contributed by atoms with Crippen LogP contribution in [0, 0.1) is 5.92 Å². The predicted octanol–water partition coefficient (Wildman–Crippen LogP) is 4.02. The van der Waals surface area contributed by atoms with Crippen LogP contribution in [0.25, 0.3) is 0 Å². The van der Waals surface area contributed by atoms with E-state index in [2.05, 4.69) is 20.8 Å². The van der Waals surface area contributed by atoms with E-state index in [0.29, 0.717) is 0 Å². The van der Waals surface area contributed by atoms with Crippen LogP contribution < -0.4 is 10.6 Å². The van der Waals surface area contributed by atoms with Gasteiger partial charge in [0.1, 0.15) is 5.82 Å². The first kappa shape index (κ1) is 17.2. The van der Waals surface area contributed by atoms with Gasteiger partial charge >= 0.3 is 6.18 Å². The molecule has 8 heteroatoms. The van der Waals surface area contributed by atoms with Crippen molar-refractivity contribution in [2.75, 3.05) is 10.6 Å². The van der Waals surface area contributed by atoms with E-state index < -0.39 is 11.9 Å². The Balaban J connectivity index is 1.60. The normalized spacial score (nSPS) is 15.5. The van der Waals surface area contributed by atoms with Gasteiger partial charge in [-0.15, -0.1) is 10.2 Å². The van der Waals surface area contributed by atoms with Gasteiger partial charge in [-0.1, -0.05) is 12.1 Å². The molecule has 3 rings (SSSR count). The first-order valence-electron chi connectivity index (χ1n) is 7.91. The lowest BCUT2D eigenvalue weighted by Gasteiger charge is -2.15. The average molecular weight is 350 g/mol. The van der Waals surface area contributed by atoms with Gasteiger partial charge in [-0.2, -0.15) is 13.2 Å². The van der Waals surface area contributed by atoms with Crippen LogP contribution in [-0.2, 0) is 11.0 Å². The maximum absolute atomic E-state index is 12.5. The van der Waals surface area contributed by atoms with Crippen molar-refractivity contribution in [3.05, 3.63) is 47.7 Å². The summed E-state index contributed by atoms with van der Waals surface area (Å²) in [5.74, 6) is 0.434. The van der Waals surface area contributed by atoms with Crippen molar-refractivity contribution in [3.8, 4) is 0 Å². The highest BCUT2D eigenvalue weighted by Gasteiger charge is 2.33. The lowest BCUT2D eigenvalue weighted by Crippen LogP contribution is -2.14. The highest BCUT2D eigenvalue weighted by atomic mass is 19.4. The number of aromatic nitrogens is 2. The molecule has 1 saturated carbocycles. The van der Waals surface area contributed by atoms with Crippen molar-refractivity contribution in [1.29, 1.82) is 0 Å². The maximum Gasteiger partial charge on any atom is 0.435 e. The zero-order valence-electron chi connectivity index (χ0n) is 13.5. The Hall–Kier alpha value is -2.64. The minimum atomic E-state index is -4.50. The van der Waals surface area contributed by atoms with E-state index in [9.17, 15) is 18.0 Å². The molecule has 1 heterocycles. The number of amides is 1. The molecule has 1 fully saturated rings. The molecule has 0 radical (unpaired) electrons. The number of anilines is 2. The number of carbonyl (C=O) groups is 1. The summed E-state index contributed by atoms with van der Waals surface area (Å²) in [6.45, 7) is 1.86. The molecule has 2 N–H and O–H groups in total. The number of hydrogen-bond donors (Lipinski definition) is 2. The van der Waals surface area contributed by atoms with E-state index in [1.165, 1.54) is 6.07 Å². The molecule has 132 valence electrons. The van der Waals surface area contributed by atoms with Gasteiger partial charge in [0.25, 0.3) is 0 Å². The summed E-state index contributed by atoms with van der Waals surface area (Å²) in [4.78, 5) is 11.7. The number of nitrogens with zero attached hydrogens (tertiary/aromatic N) is 2. The monoisotopic (exact) mass is 350 g/mol. The number of carbonyl (C=O) groups excluding carboxylic acids is 1. The van der Waals surface area contributed by atoms with Crippen molar-refractivity contribution in [1.82, 2.24) is 10.2 Å². The Morgan fingerprint density at radius 2 is 1.80 bits per heavy atom. The molecule has 25 heavy (non-hydrogen) atoms. The molecule has 1 amide bonds. The lowest BCUT2D eigenvalue weighted by atomic mass is 10.1. The Morgan fingerprint density at radius 3 is 2.32 bits per heavy atom. The minimum Gasteiger partial charge on any atom is -0.362 e. The van der Waals surface area contributed by atoms with Crippen LogP contribution in [0.5, 0.6) is 0 Å². The Labute approximate surface area is 142 Å². The van der Waals surface area contributed by atoms with Gasteiger partial charge in [-0.25, -0.2) is 0 Å². The SMILES string of the molecule is CC(Nc1ccc(C(F)(F)F)nn1)c1ccc(NC(=O)C2CC2)cc1. The molecule has 1 aliphatic rings.